The van der Waals surface area contributed by atoms with Gasteiger partial charge in [0.1, 0.15) is 16.7 Å². The monoisotopic (exact) mass is 452 g/mol. The molecule has 3 atom stereocenters. The number of hydrogen-bond acceptors (Lipinski definition) is 6. The van der Waals surface area contributed by atoms with Crippen molar-refractivity contribution in [2.24, 2.45) is 5.92 Å². The number of halogens is 1. The van der Waals surface area contributed by atoms with E-state index in [4.69, 9.17) is 9.84 Å². The number of nitrogens with zero attached hydrogens (tertiary/aromatic N) is 2. The molecule has 4 N–H and O–H groups in total. The lowest BCUT2D eigenvalue weighted by Gasteiger charge is -2.49. The van der Waals surface area contributed by atoms with Crippen LogP contribution in [0.3, 0.4) is 0 Å². The van der Waals surface area contributed by atoms with Crippen LogP contribution in [0.1, 0.15) is 13.8 Å². The molecule has 148 valence electrons. The number of fused-ring (bicyclic) bond motifs is 1. The highest BCUT2D eigenvalue weighted by atomic mass is 79.9. The number of aliphatic hydroxyl groups is 1. The first-order valence-electron chi connectivity index (χ1n) is 8.14. The minimum Gasteiger partial charge on any atom is -0.486 e. The van der Waals surface area contributed by atoms with Gasteiger partial charge in [0.25, 0.3) is 0 Å². The summed E-state index contributed by atoms with van der Waals surface area (Å²) < 4.78 is 30.0. The van der Waals surface area contributed by atoms with Crippen molar-refractivity contribution in [1.29, 1.82) is 0 Å². The van der Waals surface area contributed by atoms with Gasteiger partial charge in [0, 0.05) is 30.0 Å². The molecule has 0 bridgehead atoms. The lowest BCUT2D eigenvalue weighted by atomic mass is 10.0. The van der Waals surface area contributed by atoms with Gasteiger partial charge in [-0.15, -0.1) is 10.8 Å². The largest absolute Gasteiger partial charge is 0.486 e. The highest BCUT2D eigenvalue weighted by Crippen LogP contribution is 2.57. The van der Waals surface area contributed by atoms with Crippen LogP contribution >= 0.6 is 26.7 Å². The minimum atomic E-state index is -3.37. The van der Waals surface area contributed by atoms with Gasteiger partial charge in [0.15, 0.2) is 0 Å². The van der Waals surface area contributed by atoms with E-state index in [9.17, 15) is 19.0 Å². The molecule has 0 saturated carbocycles. The van der Waals surface area contributed by atoms with Crippen LogP contribution < -0.4 is 4.74 Å². The standard InChI is InChI=1S/C16H25BrN2O6S/c1-10-7-19(11(2)9-20)26(23,24)15-5-4-12(17)6-13(15)25-14(10)8-18(3)16(21)22/h4-6,10-11,14,20,23-24H,7-9H2,1-3H3,(H,21,22)/t10-,11+,14+/m1/s1. The first-order chi connectivity index (χ1) is 12.1. The summed E-state index contributed by atoms with van der Waals surface area (Å²) in [5.41, 5.74) is 0. The van der Waals surface area contributed by atoms with Crippen LogP contribution in [0.5, 0.6) is 5.75 Å². The number of rotatable bonds is 4. The average Bonchev–Trinajstić information content (AvgIpc) is 2.56. The quantitative estimate of drug-likeness (QED) is 0.554. The molecule has 0 spiro atoms. The third kappa shape index (κ3) is 4.44. The van der Waals surface area contributed by atoms with Crippen molar-refractivity contribution in [2.75, 3.05) is 26.7 Å². The van der Waals surface area contributed by atoms with Crippen molar-refractivity contribution in [1.82, 2.24) is 9.21 Å². The van der Waals surface area contributed by atoms with E-state index < -0.39 is 29.0 Å². The number of carbonyl (C=O) groups is 1. The van der Waals surface area contributed by atoms with E-state index in [2.05, 4.69) is 15.9 Å². The smallest absolute Gasteiger partial charge is 0.407 e. The van der Waals surface area contributed by atoms with E-state index in [0.717, 1.165) is 4.90 Å². The Bertz CT molecular complexity index is 662. The van der Waals surface area contributed by atoms with Gasteiger partial charge in [-0.05, 0) is 25.1 Å². The molecule has 0 saturated heterocycles. The Morgan fingerprint density at radius 2 is 2.15 bits per heavy atom. The molecule has 1 heterocycles. The van der Waals surface area contributed by atoms with Crippen LogP contribution in [0, 0.1) is 5.92 Å². The lowest BCUT2D eigenvalue weighted by Crippen LogP contribution is -2.48. The number of likely N-dealkylation sites (N-methyl/N-ethyl adjacent to an activating group) is 1. The molecule has 2 rings (SSSR count). The van der Waals surface area contributed by atoms with Gasteiger partial charge in [-0.25, -0.2) is 4.79 Å². The van der Waals surface area contributed by atoms with Gasteiger partial charge in [0.05, 0.1) is 13.2 Å². The molecule has 10 heteroatoms. The van der Waals surface area contributed by atoms with Gasteiger partial charge in [0.2, 0.25) is 0 Å². The molecule has 1 amide bonds. The maximum absolute atomic E-state index is 11.2. The number of carboxylic acid groups (broad SMARTS) is 1. The van der Waals surface area contributed by atoms with Crippen LogP contribution in [-0.4, -0.2) is 73.5 Å². The van der Waals surface area contributed by atoms with Gasteiger partial charge >= 0.3 is 6.09 Å². The first kappa shape index (κ1) is 21.3. The molecule has 1 aromatic carbocycles. The molecule has 0 aliphatic carbocycles. The highest BCUT2D eigenvalue weighted by molar-refractivity contribution is 9.10. The second-order valence-electron chi connectivity index (χ2n) is 6.54. The molecule has 0 radical (unpaired) electrons. The van der Waals surface area contributed by atoms with Crippen molar-refractivity contribution < 1.29 is 28.8 Å². The van der Waals surface area contributed by atoms with E-state index >= 15 is 0 Å². The summed E-state index contributed by atoms with van der Waals surface area (Å²) in [4.78, 5) is 12.6. The number of amides is 1. The molecule has 0 fully saturated rings. The van der Waals surface area contributed by atoms with Crippen molar-refractivity contribution in [2.45, 2.75) is 30.9 Å². The predicted octanol–water partition coefficient (Wildman–Crippen LogP) is 3.16. The zero-order valence-electron chi connectivity index (χ0n) is 14.9. The lowest BCUT2D eigenvalue weighted by molar-refractivity contribution is 0.0686. The molecule has 0 aromatic heterocycles. The van der Waals surface area contributed by atoms with Crippen molar-refractivity contribution >= 4 is 32.8 Å². The van der Waals surface area contributed by atoms with Crippen molar-refractivity contribution in [3.63, 3.8) is 0 Å². The molecule has 26 heavy (non-hydrogen) atoms. The van der Waals surface area contributed by atoms with Crippen LogP contribution in [0.2, 0.25) is 0 Å². The number of hydrogen-bond donors (Lipinski definition) is 4. The van der Waals surface area contributed by atoms with E-state index in [1.54, 1.807) is 25.1 Å². The average molecular weight is 453 g/mol. The van der Waals surface area contributed by atoms with Crippen LogP contribution in [0.15, 0.2) is 27.6 Å². The zero-order valence-corrected chi connectivity index (χ0v) is 17.3. The van der Waals surface area contributed by atoms with Gasteiger partial charge in [-0.2, -0.15) is 4.31 Å². The molecular formula is C16H25BrN2O6S. The topological polar surface area (TPSA) is 114 Å². The van der Waals surface area contributed by atoms with Crippen molar-refractivity contribution in [3.05, 3.63) is 22.7 Å². The molecule has 8 nitrogen and oxygen atoms in total. The van der Waals surface area contributed by atoms with Gasteiger partial charge < -0.3 is 19.8 Å². The van der Waals surface area contributed by atoms with Crippen LogP contribution in [0.4, 0.5) is 4.79 Å². The summed E-state index contributed by atoms with van der Waals surface area (Å²) in [7, 11) is -1.92. The fourth-order valence-electron chi connectivity index (χ4n) is 2.80. The molecule has 1 aliphatic rings. The van der Waals surface area contributed by atoms with E-state index in [1.165, 1.54) is 11.4 Å². The molecule has 1 aliphatic heterocycles. The van der Waals surface area contributed by atoms with Crippen LogP contribution in [-0.2, 0) is 0 Å². The Balaban J connectivity index is 2.50. The first-order valence-corrected chi connectivity index (χ1v) is 10.4. The summed E-state index contributed by atoms with van der Waals surface area (Å²) in [5, 5.41) is 18.7. The summed E-state index contributed by atoms with van der Waals surface area (Å²) in [6.07, 6.45) is -1.56. The molecule has 1 aromatic rings. The van der Waals surface area contributed by atoms with Gasteiger partial charge in [-0.3, -0.25) is 9.11 Å². The Hall–Kier alpha value is -1.04. The SMILES string of the molecule is C[C@@H]1CN([C@@H](C)CO)S(O)(O)c2ccc(Br)cc2O[C@H]1CN(C)C(=O)O. The Morgan fingerprint density at radius 1 is 1.50 bits per heavy atom. The summed E-state index contributed by atoms with van der Waals surface area (Å²) in [6, 6.07) is 4.40. The summed E-state index contributed by atoms with van der Waals surface area (Å²) >= 11 is 3.35. The zero-order chi connectivity index (χ0) is 19.6. The number of ether oxygens (including phenoxy) is 1. The summed E-state index contributed by atoms with van der Waals surface area (Å²) in [6.45, 7) is 3.69. The normalized spacial score (nSPS) is 25.2. The second kappa shape index (κ2) is 8.32. The maximum Gasteiger partial charge on any atom is 0.407 e. The van der Waals surface area contributed by atoms with E-state index in [0.29, 0.717) is 4.47 Å². The highest BCUT2D eigenvalue weighted by Gasteiger charge is 2.38. The number of aliphatic hydroxyl groups excluding tert-OH is 1. The predicted molar refractivity (Wildman–Crippen MR) is 103 cm³/mol. The fraction of sp³-hybridized carbons (Fsp3) is 0.562. The van der Waals surface area contributed by atoms with E-state index in [-0.39, 0.29) is 36.3 Å². The Kier molecular flexibility index (Phi) is 6.81. The number of benzene rings is 1. The van der Waals surface area contributed by atoms with Gasteiger partial charge in [-0.1, -0.05) is 22.9 Å². The Labute approximate surface area is 163 Å². The third-order valence-corrected chi connectivity index (χ3v) is 7.03. The summed E-state index contributed by atoms with van der Waals surface area (Å²) in [5.74, 6) is 0.0639. The fourth-order valence-corrected chi connectivity index (χ4v) is 5.03. The third-order valence-electron chi connectivity index (χ3n) is 4.44. The molecule has 0 unspecified atom stereocenters. The van der Waals surface area contributed by atoms with Crippen LogP contribution in [0.25, 0.3) is 0 Å². The second-order valence-corrected chi connectivity index (χ2v) is 9.40. The molecular weight excluding hydrogens is 428 g/mol. The minimum absolute atomic E-state index is 0.128. The Morgan fingerprint density at radius 3 is 2.73 bits per heavy atom. The van der Waals surface area contributed by atoms with E-state index in [1.807, 2.05) is 6.92 Å². The van der Waals surface area contributed by atoms with Crippen molar-refractivity contribution in [3.8, 4) is 5.75 Å². The maximum atomic E-state index is 11.2.